The highest BCUT2D eigenvalue weighted by Crippen LogP contribution is 2.32. The Balaban J connectivity index is 0.000000774. The van der Waals surface area contributed by atoms with Crippen LogP contribution < -0.4 is 0 Å². The van der Waals surface area contributed by atoms with Crippen molar-refractivity contribution in [1.29, 1.82) is 0 Å². The molecule has 0 spiro atoms. The van der Waals surface area contributed by atoms with E-state index in [0.717, 1.165) is 12.0 Å². The first kappa shape index (κ1) is 15.4. The Morgan fingerprint density at radius 1 is 0.571 bits per heavy atom. The van der Waals surface area contributed by atoms with Crippen molar-refractivity contribution < 1.29 is 5.11 Å². The van der Waals surface area contributed by atoms with Gasteiger partial charge in [0.1, 0.15) is 0 Å². The molecule has 0 radical (unpaired) electrons. The van der Waals surface area contributed by atoms with Gasteiger partial charge in [0.15, 0.2) is 0 Å². The van der Waals surface area contributed by atoms with Gasteiger partial charge in [-0.2, -0.15) is 0 Å². The molecule has 0 amide bonds. The summed E-state index contributed by atoms with van der Waals surface area (Å²) in [6, 6.07) is 27.3. The van der Waals surface area contributed by atoms with Gasteiger partial charge in [-0.05, 0) is 34.4 Å². The smallest absolute Gasteiger partial charge is 0.0319 e. The number of aliphatic hydroxyl groups is 1. The van der Waals surface area contributed by atoms with Crippen LogP contribution in [0.1, 0.15) is 0 Å². The minimum atomic E-state index is 0.987. The van der Waals surface area contributed by atoms with Crippen LogP contribution in [0, 0.1) is 0 Å². The maximum Gasteiger partial charge on any atom is 0.0319 e. The Morgan fingerprint density at radius 2 is 1.00 bits per heavy atom. The van der Waals surface area contributed by atoms with Crippen LogP contribution >= 0.6 is 12.6 Å². The van der Waals surface area contributed by atoms with Gasteiger partial charge in [-0.25, -0.2) is 0 Å². The average Bonchev–Trinajstić information content (AvgIpc) is 2.58. The van der Waals surface area contributed by atoms with E-state index in [2.05, 4.69) is 73.3 Å². The molecular formula is C19H18OS. The normalized spacial score (nSPS) is 9.67. The molecule has 0 aliphatic carbocycles. The average molecular weight is 294 g/mol. The fraction of sp³-hybridized carbons (Fsp3) is 0.0526. The summed E-state index contributed by atoms with van der Waals surface area (Å²) in [5, 5.41) is 7.00. The van der Waals surface area contributed by atoms with Crippen LogP contribution in [0.25, 0.3) is 22.3 Å². The van der Waals surface area contributed by atoms with Gasteiger partial charge in [-0.15, -0.1) is 12.6 Å². The molecule has 0 aromatic heterocycles. The molecule has 1 nitrogen and oxygen atoms in total. The van der Waals surface area contributed by atoms with Crippen molar-refractivity contribution in [1.82, 2.24) is 0 Å². The molecule has 0 saturated carbocycles. The summed E-state index contributed by atoms with van der Waals surface area (Å²) in [6.45, 7) is 0. The molecule has 1 N–H and O–H groups in total. The first-order valence-corrected chi connectivity index (χ1v) is 7.18. The fourth-order valence-corrected chi connectivity index (χ4v) is 2.39. The monoisotopic (exact) mass is 294 g/mol. The van der Waals surface area contributed by atoms with E-state index < -0.39 is 0 Å². The van der Waals surface area contributed by atoms with Crippen molar-refractivity contribution in [3.63, 3.8) is 0 Å². The van der Waals surface area contributed by atoms with Crippen LogP contribution in [0.4, 0.5) is 0 Å². The van der Waals surface area contributed by atoms with Gasteiger partial charge < -0.3 is 5.11 Å². The van der Waals surface area contributed by atoms with Gasteiger partial charge in [0, 0.05) is 12.0 Å². The zero-order chi connectivity index (χ0) is 15.1. The molecule has 0 fully saturated rings. The molecule has 3 aromatic rings. The lowest BCUT2D eigenvalue weighted by atomic mass is 9.95. The van der Waals surface area contributed by atoms with Crippen molar-refractivity contribution in [3.05, 3.63) is 78.9 Å². The third-order valence-corrected chi connectivity index (χ3v) is 3.49. The van der Waals surface area contributed by atoms with Crippen molar-refractivity contribution >= 4 is 12.6 Å². The highest BCUT2D eigenvalue weighted by Gasteiger charge is 2.05. The molecule has 106 valence electrons. The fourth-order valence-electron chi connectivity index (χ4n) is 2.25. The van der Waals surface area contributed by atoms with Crippen LogP contribution in [0.15, 0.2) is 83.8 Å². The predicted octanol–water partition coefficient (Wildman–Crippen LogP) is 4.92. The second-order valence-corrected chi connectivity index (χ2v) is 4.97. The van der Waals surface area contributed by atoms with Crippen LogP contribution in [0.2, 0.25) is 0 Å². The Morgan fingerprint density at radius 3 is 1.52 bits per heavy atom. The lowest BCUT2D eigenvalue weighted by Gasteiger charge is -2.10. The molecule has 0 atom stereocenters. The predicted molar refractivity (Wildman–Crippen MR) is 92.7 cm³/mol. The number of hydrogen-bond donors (Lipinski definition) is 2. The second-order valence-electron chi connectivity index (χ2n) is 4.46. The van der Waals surface area contributed by atoms with E-state index in [4.69, 9.17) is 5.11 Å². The maximum absolute atomic E-state index is 7.00. The molecule has 0 unspecified atom stereocenters. The minimum Gasteiger partial charge on any atom is -0.400 e. The first-order valence-electron chi connectivity index (χ1n) is 6.73. The molecule has 0 saturated heterocycles. The summed E-state index contributed by atoms with van der Waals surface area (Å²) in [5.74, 6) is 0. The summed E-state index contributed by atoms with van der Waals surface area (Å²) >= 11 is 4.34. The Hall–Kier alpha value is -2.03. The number of thiol groups is 1. The van der Waals surface area contributed by atoms with E-state index in [1.54, 1.807) is 0 Å². The lowest BCUT2D eigenvalue weighted by Crippen LogP contribution is -1.84. The highest BCUT2D eigenvalue weighted by molar-refractivity contribution is 7.80. The molecule has 21 heavy (non-hydrogen) atoms. The topological polar surface area (TPSA) is 20.2 Å². The van der Waals surface area contributed by atoms with Gasteiger partial charge in [-0.1, -0.05) is 66.7 Å². The van der Waals surface area contributed by atoms with E-state index in [0.29, 0.717) is 0 Å². The van der Waals surface area contributed by atoms with Crippen molar-refractivity contribution in [2.45, 2.75) is 4.90 Å². The van der Waals surface area contributed by atoms with Gasteiger partial charge in [-0.3, -0.25) is 0 Å². The SMILES string of the molecule is CO.Sc1ccc(-c2ccccc2-c2ccccc2)cc1. The van der Waals surface area contributed by atoms with Gasteiger partial charge in [0.25, 0.3) is 0 Å². The molecule has 0 bridgehead atoms. The van der Waals surface area contributed by atoms with Crippen LogP contribution in [-0.2, 0) is 0 Å². The summed E-state index contributed by atoms with van der Waals surface area (Å²) in [7, 11) is 1.00. The van der Waals surface area contributed by atoms with E-state index in [1.165, 1.54) is 22.3 Å². The maximum atomic E-state index is 7.00. The van der Waals surface area contributed by atoms with E-state index in [9.17, 15) is 0 Å². The Bertz CT molecular complexity index is 675. The van der Waals surface area contributed by atoms with E-state index >= 15 is 0 Å². The van der Waals surface area contributed by atoms with Crippen LogP contribution in [0.3, 0.4) is 0 Å². The molecular weight excluding hydrogens is 276 g/mol. The Labute approximate surface area is 131 Å². The van der Waals surface area contributed by atoms with Crippen LogP contribution in [-0.4, -0.2) is 12.2 Å². The standard InChI is InChI=1S/C18H14S.CH4O/c19-16-12-10-15(11-13-16)18-9-5-4-8-17(18)14-6-2-1-3-7-14;1-2/h1-13,19H;2H,1H3. The third kappa shape index (κ3) is 3.75. The van der Waals surface area contributed by atoms with Crippen molar-refractivity contribution in [3.8, 4) is 22.3 Å². The zero-order valence-corrected chi connectivity index (χ0v) is 12.8. The van der Waals surface area contributed by atoms with E-state index in [1.807, 2.05) is 18.2 Å². The summed E-state index contributed by atoms with van der Waals surface area (Å²) in [5.41, 5.74) is 4.97. The van der Waals surface area contributed by atoms with Crippen LogP contribution in [0.5, 0.6) is 0 Å². The lowest BCUT2D eigenvalue weighted by molar-refractivity contribution is 0.399. The third-order valence-electron chi connectivity index (χ3n) is 3.19. The molecule has 0 heterocycles. The van der Waals surface area contributed by atoms with E-state index in [-0.39, 0.29) is 0 Å². The first-order chi connectivity index (χ1) is 10.3. The molecule has 0 aliphatic heterocycles. The zero-order valence-electron chi connectivity index (χ0n) is 11.9. The minimum absolute atomic E-state index is 0.987. The van der Waals surface area contributed by atoms with Gasteiger partial charge in [0.2, 0.25) is 0 Å². The van der Waals surface area contributed by atoms with Crippen molar-refractivity contribution in [2.24, 2.45) is 0 Å². The molecule has 3 aromatic carbocycles. The Kier molecular flexibility index (Phi) is 5.61. The van der Waals surface area contributed by atoms with Crippen molar-refractivity contribution in [2.75, 3.05) is 7.11 Å². The number of hydrogen-bond acceptors (Lipinski definition) is 2. The summed E-state index contributed by atoms with van der Waals surface area (Å²) < 4.78 is 0. The number of benzene rings is 3. The summed E-state index contributed by atoms with van der Waals surface area (Å²) in [4.78, 5) is 0.987. The number of rotatable bonds is 2. The quantitative estimate of drug-likeness (QED) is 0.643. The summed E-state index contributed by atoms with van der Waals surface area (Å²) in [6.07, 6.45) is 0. The largest absolute Gasteiger partial charge is 0.400 e. The van der Waals surface area contributed by atoms with Gasteiger partial charge in [0.05, 0.1) is 0 Å². The second kappa shape index (κ2) is 7.67. The molecule has 2 heteroatoms. The number of aliphatic hydroxyl groups excluding tert-OH is 1. The molecule has 0 aliphatic rings. The highest BCUT2D eigenvalue weighted by atomic mass is 32.1. The van der Waals surface area contributed by atoms with Gasteiger partial charge >= 0.3 is 0 Å². The molecule has 3 rings (SSSR count).